The van der Waals surface area contributed by atoms with Crippen molar-refractivity contribution in [2.45, 2.75) is 38.6 Å². The Kier molecular flexibility index (Phi) is 8.19. The molecule has 2 aromatic rings. The monoisotopic (exact) mass is 415 g/mol. The highest BCUT2D eigenvalue weighted by Gasteiger charge is 2.12. The Morgan fingerprint density at radius 1 is 1.03 bits per heavy atom. The van der Waals surface area contributed by atoms with Crippen molar-refractivity contribution >= 4 is 15.9 Å². The number of ether oxygens (including phenoxy) is 1. The molecule has 0 aliphatic rings. The second-order valence-electron chi connectivity index (χ2n) is 6.89. The number of benzene rings is 2. The molecule has 0 aromatic heterocycles. The Hall–Kier alpha value is -2.89. The molecule has 2 rings (SSSR count). The van der Waals surface area contributed by atoms with Crippen molar-refractivity contribution in [3.05, 3.63) is 65.2 Å². The third-order valence-corrected chi connectivity index (χ3v) is 5.40. The zero-order chi connectivity index (χ0) is 21.3. The largest absolute Gasteiger partial charge is 0.484 e. The van der Waals surface area contributed by atoms with Gasteiger partial charge in [-0.2, -0.15) is 5.26 Å². The molecule has 7 nitrogen and oxygen atoms in total. The number of carbonyl (C=O) groups is 1. The number of nitriles is 1. The van der Waals surface area contributed by atoms with Gasteiger partial charge in [-0.25, -0.2) is 13.1 Å². The summed E-state index contributed by atoms with van der Waals surface area (Å²) in [5.74, 6) is 0.208. The summed E-state index contributed by atoms with van der Waals surface area (Å²) in [6, 6.07) is 16.0. The number of carbonyl (C=O) groups excluding carboxylic acids is 1. The first-order valence-corrected chi connectivity index (χ1v) is 10.9. The number of sulfonamides is 1. The van der Waals surface area contributed by atoms with E-state index in [4.69, 9.17) is 10.00 Å². The Morgan fingerprint density at radius 3 is 2.21 bits per heavy atom. The zero-order valence-corrected chi connectivity index (χ0v) is 17.3. The molecule has 0 aliphatic carbocycles. The van der Waals surface area contributed by atoms with E-state index in [-0.39, 0.29) is 24.3 Å². The molecule has 0 saturated heterocycles. The molecule has 154 valence electrons. The van der Waals surface area contributed by atoms with Gasteiger partial charge >= 0.3 is 0 Å². The van der Waals surface area contributed by atoms with Gasteiger partial charge in [-0.1, -0.05) is 36.4 Å². The van der Waals surface area contributed by atoms with E-state index < -0.39 is 10.0 Å². The van der Waals surface area contributed by atoms with Gasteiger partial charge in [0.2, 0.25) is 10.0 Å². The predicted octanol–water partition coefficient (Wildman–Crippen LogP) is 2.28. The maximum absolute atomic E-state index is 12.0. The van der Waals surface area contributed by atoms with Crippen LogP contribution in [0.2, 0.25) is 0 Å². The first-order chi connectivity index (χ1) is 13.8. The van der Waals surface area contributed by atoms with Crippen LogP contribution in [0.5, 0.6) is 5.75 Å². The van der Waals surface area contributed by atoms with Crippen LogP contribution in [-0.2, 0) is 33.5 Å². The zero-order valence-electron chi connectivity index (χ0n) is 16.5. The second-order valence-corrected chi connectivity index (χ2v) is 8.65. The van der Waals surface area contributed by atoms with Crippen LogP contribution < -0.4 is 14.8 Å². The first-order valence-electron chi connectivity index (χ1n) is 9.20. The fourth-order valence-electron chi connectivity index (χ4n) is 2.57. The van der Waals surface area contributed by atoms with Crippen LogP contribution in [0, 0.1) is 11.3 Å². The molecule has 0 atom stereocenters. The maximum Gasteiger partial charge on any atom is 0.258 e. The molecular weight excluding hydrogens is 390 g/mol. The van der Waals surface area contributed by atoms with Gasteiger partial charge < -0.3 is 10.1 Å². The average Bonchev–Trinajstić information content (AvgIpc) is 2.66. The molecule has 0 bridgehead atoms. The molecular formula is C21H25N3O4S. The van der Waals surface area contributed by atoms with Crippen molar-refractivity contribution in [1.82, 2.24) is 10.0 Å². The lowest BCUT2D eigenvalue weighted by Gasteiger charge is -2.10. The van der Waals surface area contributed by atoms with E-state index in [2.05, 4.69) is 16.1 Å². The molecule has 2 aromatic carbocycles. The minimum Gasteiger partial charge on any atom is -0.484 e. The summed E-state index contributed by atoms with van der Waals surface area (Å²) < 4.78 is 31.9. The number of nitrogens with zero attached hydrogens (tertiary/aromatic N) is 1. The summed E-state index contributed by atoms with van der Waals surface area (Å²) in [6.45, 7) is 3.75. The fraction of sp³-hybridized carbons (Fsp3) is 0.333. The Labute approximate surface area is 171 Å². The maximum atomic E-state index is 12.0. The molecule has 2 N–H and O–H groups in total. The van der Waals surface area contributed by atoms with Crippen LogP contribution in [0.25, 0.3) is 0 Å². The lowest BCUT2D eigenvalue weighted by atomic mass is 10.1. The molecule has 0 saturated carbocycles. The van der Waals surface area contributed by atoms with Crippen molar-refractivity contribution in [1.29, 1.82) is 5.26 Å². The molecule has 0 fully saturated rings. The Balaban J connectivity index is 1.77. The smallest absolute Gasteiger partial charge is 0.258 e. The van der Waals surface area contributed by atoms with Crippen molar-refractivity contribution in [3.63, 3.8) is 0 Å². The van der Waals surface area contributed by atoms with E-state index in [0.717, 1.165) is 11.1 Å². The highest BCUT2D eigenvalue weighted by molar-refractivity contribution is 7.88. The third-order valence-electron chi connectivity index (χ3n) is 3.86. The normalized spacial score (nSPS) is 11.1. The van der Waals surface area contributed by atoms with Crippen LogP contribution in [-0.4, -0.2) is 27.0 Å². The van der Waals surface area contributed by atoms with Crippen molar-refractivity contribution < 1.29 is 17.9 Å². The number of amides is 1. The lowest BCUT2D eigenvalue weighted by Crippen LogP contribution is -2.31. The van der Waals surface area contributed by atoms with Gasteiger partial charge in [0.05, 0.1) is 18.2 Å². The van der Waals surface area contributed by atoms with Gasteiger partial charge in [0.15, 0.2) is 6.61 Å². The molecule has 0 heterocycles. The topological polar surface area (TPSA) is 108 Å². The van der Waals surface area contributed by atoms with E-state index >= 15 is 0 Å². The van der Waals surface area contributed by atoms with Crippen molar-refractivity contribution in [3.8, 4) is 11.8 Å². The highest BCUT2D eigenvalue weighted by Crippen LogP contribution is 2.12. The van der Waals surface area contributed by atoms with Crippen LogP contribution >= 0.6 is 0 Å². The van der Waals surface area contributed by atoms with Crippen LogP contribution in [0.4, 0.5) is 0 Å². The van der Waals surface area contributed by atoms with E-state index in [1.165, 1.54) is 0 Å². The van der Waals surface area contributed by atoms with Gasteiger partial charge in [-0.3, -0.25) is 4.79 Å². The van der Waals surface area contributed by atoms with Crippen LogP contribution in [0.15, 0.2) is 48.5 Å². The lowest BCUT2D eigenvalue weighted by molar-refractivity contribution is -0.123. The number of nitrogens with one attached hydrogen (secondary N) is 2. The fourth-order valence-corrected chi connectivity index (χ4v) is 4.00. The van der Waals surface area contributed by atoms with E-state index in [1.807, 2.05) is 0 Å². The SMILES string of the molecule is CC(C)NS(=O)(=O)Cc1ccc(CNC(=O)COc2ccc(CC#N)cc2)cc1. The predicted molar refractivity (Wildman–Crippen MR) is 110 cm³/mol. The Morgan fingerprint density at radius 2 is 1.62 bits per heavy atom. The highest BCUT2D eigenvalue weighted by atomic mass is 32.2. The van der Waals surface area contributed by atoms with Gasteiger partial charge in [0.25, 0.3) is 5.91 Å². The van der Waals surface area contributed by atoms with E-state index in [1.54, 1.807) is 62.4 Å². The van der Waals surface area contributed by atoms with Crippen LogP contribution in [0.3, 0.4) is 0 Å². The quantitative estimate of drug-likeness (QED) is 0.619. The summed E-state index contributed by atoms with van der Waals surface area (Å²) in [5.41, 5.74) is 2.43. The molecule has 0 aliphatic heterocycles. The van der Waals surface area contributed by atoms with Crippen LogP contribution in [0.1, 0.15) is 30.5 Å². The number of hydrogen-bond acceptors (Lipinski definition) is 5. The van der Waals surface area contributed by atoms with Crippen molar-refractivity contribution in [2.75, 3.05) is 6.61 Å². The molecule has 1 amide bonds. The molecule has 0 spiro atoms. The van der Waals surface area contributed by atoms with Gasteiger partial charge in [-0.15, -0.1) is 0 Å². The first kappa shape index (κ1) is 22.4. The minimum absolute atomic E-state index is 0.0845. The molecule has 0 radical (unpaired) electrons. The third kappa shape index (κ3) is 8.34. The summed E-state index contributed by atoms with van der Waals surface area (Å²) in [6.07, 6.45) is 0.333. The average molecular weight is 416 g/mol. The van der Waals surface area contributed by atoms with Gasteiger partial charge in [0.1, 0.15) is 5.75 Å². The van der Waals surface area contributed by atoms with Crippen molar-refractivity contribution in [2.24, 2.45) is 0 Å². The second kappa shape index (κ2) is 10.6. The number of hydrogen-bond donors (Lipinski definition) is 2. The summed E-state index contributed by atoms with van der Waals surface area (Å²) in [5, 5.41) is 11.4. The van der Waals surface area contributed by atoms with Gasteiger partial charge in [-0.05, 0) is 42.7 Å². The molecule has 0 unspecified atom stereocenters. The van der Waals surface area contributed by atoms with E-state index in [0.29, 0.717) is 24.3 Å². The Bertz CT molecular complexity index is 947. The summed E-state index contributed by atoms with van der Waals surface area (Å²) in [4.78, 5) is 11.9. The van der Waals surface area contributed by atoms with E-state index in [9.17, 15) is 13.2 Å². The number of rotatable bonds is 10. The molecule has 8 heteroatoms. The van der Waals surface area contributed by atoms with Gasteiger partial charge in [0, 0.05) is 12.6 Å². The summed E-state index contributed by atoms with van der Waals surface area (Å²) >= 11 is 0. The molecule has 29 heavy (non-hydrogen) atoms. The minimum atomic E-state index is -3.36. The standard InChI is InChI=1S/C21H25N3O4S/c1-16(2)24-29(26,27)15-19-5-3-18(4-6-19)13-23-21(25)14-28-20-9-7-17(8-10-20)11-12-22/h3-10,16,24H,11,13-15H2,1-2H3,(H,23,25). The summed E-state index contributed by atoms with van der Waals surface area (Å²) in [7, 11) is -3.36.